The predicted octanol–water partition coefficient (Wildman–Crippen LogP) is 2.04. The highest BCUT2D eigenvalue weighted by Gasteiger charge is 1.95. The molecule has 3 N–H and O–H groups in total. The number of hydrogen-bond acceptors (Lipinski definition) is 3. The van der Waals surface area contributed by atoms with E-state index in [0.717, 1.165) is 12.4 Å². The summed E-state index contributed by atoms with van der Waals surface area (Å²) in [4.78, 5) is 4.11. The molecular formula is C10H15N3. The van der Waals surface area contributed by atoms with Gasteiger partial charge < -0.3 is 11.1 Å². The third-order valence-electron chi connectivity index (χ3n) is 1.62. The maximum Gasteiger partial charge on any atom is 0.149 e. The summed E-state index contributed by atoms with van der Waals surface area (Å²) >= 11 is 0. The van der Waals surface area contributed by atoms with Crippen LogP contribution in [0.1, 0.15) is 13.8 Å². The van der Waals surface area contributed by atoms with Gasteiger partial charge >= 0.3 is 0 Å². The Bertz CT molecular complexity index is 301. The van der Waals surface area contributed by atoms with E-state index in [2.05, 4.69) is 30.2 Å². The van der Waals surface area contributed by atoms with E-state index in [1.807, 2.05) is 12.1 Å². The average Bonchev–Trinajstić information content (AvgIpc) is 2.08. The number of anilines is 2. The van der Waals surface area contributed by atoms with Crippen LogP contribution in [-0.2, 0) is 0 Å². The van der Waals surface area contributed by atoms with Crippen LogP contribution in [0.25, 0.3) is 0 Å². The van der Waals surface area contributed by atoms with Gasteiger partial charge in [-0.1, -0.05) is 11.6 Å². The van der Waals surface area contributed by atoms with Crippen molar-refractivity contribution in [3.05, 3.63) is 30.0 Å². The number of pyridine rings is 1. The predicted molar refractivity (Wildman–Crippen MR) is 56.6 cm³/mol. The van der Waals surface area contributed by atoms with Crippen molar-refractivity contribution in [1.29, 1.82) is 0 Å². The summed E-state index contributed by atoms with van der Waals surface area (Å²) in [5, 5.41) is 3.13. The lowest BCUT2D eigenvalue weighted by Crippen LogP contribution is -2.03. The summed E-state index contributed by atoms with van der Waals surface area (Å²) in [7, 11) is 0. The molecule has 70 valence electrons. The third kappa shape index (κ3) is 3.15. The third-order valence-corrected chi connectivity index (χ3v) is 1.62. The molecule has 0 fully saturated rings. The summed E-state index contributed by atoms with van der Waals surface area (Å²) in [5.41, 5.74) is 7.66. The molecule has 0 aliphatic heterocycles. The van der Waals surface area contributed by atoms with Crippen molar-refractivity contribution in [2.24, 2.45) is 0 Å². The number of rotatable bonds is 3. The van der Waals surface area contributed by atoms with E-state index in [9.17, 15) is 0 Å². The van der Waals surface area contributed by atoms with Crippen LogP contribution in [0.2, 0.25) is 0 Å². The van der Waals surface area contributed by atoms with Crippen LogP contribution in [0.4, 0.5) is 11.5 Å². The molecule has 0 saturated heterocycles. The van der Waals surface area contributed by atoms with E-state index in [4.69, 9.17) is 5.73 Å². The van der Waals surface area contributed by atoms with Crippen LogP contribution < -0.4 is 11.1 Å². The Labute approximate surface area is 78.7 Å². The fourth-order valence-corrected chi connectivity index (χ4v) is 0.917. The zero-order chi connectivity index (χ0) is 9.68. The molecule has 1 rings (SSSR count). The van der Waals surface area contributed by atoms with Crippen molar-refractivity contribution in [1.82, 2.24) is 4.98 Å². The summed E-state index contributed by atoms with van der Waals surface area (Å²) < 4.78 is 0. The van der Waals surface area contributed by atoms with Crippen LogP contribution in [0.3, 0.4) is 0 Å². The zero-order valence-electron chi connectivity index (χ0n) is 8.04. The average molecular weight is 177 g/mol. The number of nitrogens with two attached hydrogens (primary N) is 1. The minimum Gasteiger partial charge on any atom is -0.396 e. The first-order chi connectivity index (χ1) is 6.20. The van der Waals surface area contributed by atoms with Crippen molar-refractivity contribution in [2.45, 2.75) is 13.8 Å². The first-order valence-electron chi connectivity index (χ1n) is 4.28. The van der Waals surface area contributed by atoms with Crippen molar-refractivity contribution >= 4 is 11.5 Å². The number of allylic oxidation sites excluding steroid dienone is 1. The molecule has 0 aliphatic carbocycles. The highest BCUT2D eigenvalue weighted by atomic mass is 15.0. The number of aromatic nitrogens is 1. The number of nitrogens with zero attached hydrogens (tertiary/aromatic N) is 1. The van der Waals surface area contributed by atoms with Crippen LogP contribution in [0.15, 0.2) is 30.0 Å². The highest BCUT2D eigenvalue weighted by molar-refractivity contribution is 5.60. The smallest absolute Gasteiger partial charge is 0.149 e. The van der Waals surface area contributed by atoms with Crippen molar-refractivity contribution in [3.8, 4) is 0 Å². The van der Waals surface area contributed by atoms with E-state index in [1.54, 1.807) is 6.20 Å². The molecule has 0 aliphatic rings. The lowest BCUT2D eigenvalue weighted by Gasteiger charge is -2.04. The Hall–Kier alpha value is -1.51. The minimum atomic E-state index is 0.685. The molecule has 3 nitrogen and oxygen atoms in total. The second-order valence-electron chi connectivity index (χ2n) is 3.10. The first-order valence-corrected chi connectivity index (χ1v) is 4.28. The molecule has 0 bridgehead atoms. The van der Waals surface area contributed by atoms with Gasteiger partial charge in [0.2, 0.25) is 0 Å². The van der Waals surface area contributed by atoms with Gasteiger partial charge in [0.1, 0.15) is 5.82 Å². The second kappa shape index (κ2) is 4.50. The van der Waals surface area contributed by atoms with Gasteiger partial charge in [-0.2, -0.15) is 0 Å². The minimum absolute atomic E-state index is 0.685. The SMILES string of the molecule is CC(C)=CCNc1ncccc1N. The van der Waals surface area contributed by atoms with Crippen LogP contribution >= 0.6 is 0 Å². The van der Waals surface area contributed by atoms with Gasteiger partial charge in [-0.05, 0) is 26.0 Å². The van der Waals surface area contributed by atoms with Crippen molar-refractivity contribution < 1.29 is 0 Å². The molecule has 0 unspecified atom stereocenters. The molecule has 3 heteroatoms. The van der Waals surface area contributed by atoms with E-state index in [1.165, 1.54) is 5.57 Å². The van der Waals surface area contributed by atoms with Crippen LogP contribution in [-0.4, -0.2) is 11.5 Å². The Morgan fingerprint density at radius 3 is 3.00 bits per heavy atom. The quantitative estimate of drug-likeness (QED) is 0.695. The summed E-state index contributed by atoms with van der Waals surface area (Å²) in [6.07, 6.45) is 3.81. The van der Waals surface area contributed by atoms with E-state index < -0.39 is 0 Å². The van der Waals surface area contributed by atoms with Crippen molar-refractivity contribution in [2.75, 3.05) is 17.6 Å². The van der Waals surface area contributed by atoms with Crippen LogP contribution in [0, 0.1) is 0 Å². The van der Waals surface area contributed by atoms with Gasteiger partial charge in [-0.15, -0.1) is 0 Å². The van der Waals surface area contributed by atoms with Gasteiger partial charge in [-0.3, -0.25) is 0 Å². The largest absolute Gasteiger partial charge is 0.396 e. The lowest BCUT2D eigenvalue weighted by molar-refractivity contribution is 1.21. The Morgan fingerprint density at radius 2 is 2.38 bits per heavy atom. The zero-order valence-corrected chi connectivity index (χ0v) is 8.04. The number of nitrogen functional groups attached to an aromatic ring is 1. The van der Waals surface area contributed by atoms with Gasteiger partial charge in [-0.25, -0.2) is 4.98 Å². The van der Waals surface area contributed by atoms with Gasteiger partial charge in [0.25, 0.3) is 0 Å². The van der Waals surface area contributed by atoms with Crippen molar-refractivity contribution in [3.63, 3.8) is 0 Å². The van der Waals surface area contributed by atoms with Gasteiger partial charge in [0.05, 0.1) is 5.69 Å². The highest BCUT2D eigenvalue weighted by Crippen LogP contribution is 2.12. The fourth-order valence-electron chi connectivity index (χ4n) is 0.917. The topological polar surface area (TPSA) is 50.9 Å². The summed E-state index contributed by atoms with van der Waals surface area (Å²) in [6, 6.07) is 3.65. The molecule has 0 aromatic carbocycles. The maximum atomic E-state index is 5.69. The second-order valence-corrected chi connectivity index (χ2v) is 3.10. The summed E-state index contributed by atoms with van der Waals surface area (Å²) in [6.45, 7) is 4.89. The first kappa shape index (κ1) is 9.58. The molecule has 1 aromatic heterocycles. The maximum absolute atomic E-state index is 5.69. The number of hydrogen-bond donors (Lipinski definition) is 2. The molecule has 1 aromatic rings. The van der Waals surface area contributed by atoms with E-state index >= 15 is 0 Å². The van der Waals surface area contributed by atoms with Gasteiger partial charge in [0, 0.05) is 12.7 Å². The molecular weight excluding hydrogens is 162 g/mol. The van der Waals surface area contributed by atoms with E-state index in [0.29, 0.717) is 5.69 Å². The number of nitrogens with one attached hydrogen (secondary N) is 1. The fraction of sp³-hybridized carbons (Fsp3) is 0.300. The molecule has 0 amide bonds. The summed E-state index contributed by atoms with van der Waals surface area (Å²) in [5.74, 6) is 0.750. The molecule has 0 spiro atoms. The molecule has 0 saturated carbocycles. The normalized spacial score (nSPS) is 9.38. The molecule has 1 heterocycles. The van der Waals surface area contributed by atoms with Gasteiger partial charge in [0.15, 0.2) is 0 Å². The molecule has 0 atom stereocenters. The Balaban J connectivity index is 2.55. The van der Waals surface area contributed by atoms with E-state index in [-0.39, 0.29) is 0 Å². The lowest BCUT2D eigenvalue weighted by atomic mass is 10.3. The monoisotopic (exact) mass is 177 g/mol. The molecule has 0 radical (unpaired) electrons. The molecule has 13 heavy (non-hydrogen) atoms. The standard InChI is InChI=1S/C10H15N3/c1-8(2)5-7-13-10-9(11)4-3-6-12-10/h3-6H,7,11H2,1-2H3,(H,12,13). The Kier molecular flexibility index (Phi) is 3.31. The van der Waals surface area contributed by atoms with Crippen LogP contribution in [0.5, 0.6) is 0 Å². The Morgan fingerprint density at radius 1 is 1.62 bits per heavy atom.